The average molecular weight is 417 g/mol. The number of furan rings is 1. The van der Waals surface area contributed by atoms with E-state index in [1.165, 1.54) is 16.5 Å². The highest BCUT2D eigenvalue weighted by atomic mass is 16.5. The van der Waals surface area contributed by atoms with E-state index in [-0.39, 0.29) is 12.2 Å². The third-order valence-corrected chi connectivity index (χ3v) is 5.13. The number of ether oxygens (including phenoxy) is 1. The predicted molar refractivity (Wildman–Crippen MR) is 117 cm³/mol. The molecule has 4 rings (SSSR count). The van der Waals surface area contributed by atoms with Crippen LogP contribution in [0.1, 0.15) is 34.0 Å². The molecule has 0 radical (unpaired) electrons. The van der Waals surface area contributed by atoms with Crippen molar-refractivity contribution in [2.75, 3.05) is 0 Å². The Kier molecular flexibility index (Phi) is 5.58. The van der Waals surface area contributed by atoms with Gasteiger partial charge in [0.1, 0.15) is 18.0 Å². The van der Waals surface area contributed by atoms with Crippen molar-refractivity contribution in [3.05, 3.63) is 99.3 Å². The van der Waals surface area contributed by atoms with Crippen molar-refractivity contribution in [1.82, 2.24) is 14.0 Å². The van der Waals surface area contributed by atoms with E-state index in [0.717, 1.165) is 28.3 Å². The van der Waals surface area contributed by atoms with Gasteiger partial charge in [-0.25, -0.2) is 9.78 Å². The van der Waals surface area contributed by atoms with E-state index in [4.69, 9.17) is 9.15 Å². The van der Waals surface area contributed by atoms with E-state index in [1.54, 1.807) is 24.6 Å². The van der Waals surface area contributed by atoms with Crippen molar-refractivity contribution >= 4 is 17.7 Å². The van der Waals surface area contributed by atoms with Crippen molar-refractivity contribution in [2.45, 2.75) is 33.9 Å². The summed E-state index contributed by atoms with van der Waals surface area (Å²) in [5.41, 5.74) is 4.70. The van der Waals surface area contributed by atoms with Crippen LogP contribution >= 0.6 is 0 Å². The van der Waals surface area contributed by atoms with Crippen LogP contribution in [0.3, 0.4) is 0 Å². The molecule has 4 aromatic rings. The molecule has 0 amide bonds. The Morgan fingerprint density at radius 1 is 1.19 bits per heavy atom. The van der Waals surface area contributed by atoms with E-state index in [2.05, 4.69) is 9.55 Å². The molecule has 0 unspecified atom stereocenters. The zero-order chi connectivity index (χ0) is 22.0. The van der Waals surface area contributed by atoms with E-state index >= 15 is 0 Å². The number of fused-ring (bicyclic) bond motifs is 1. The Balaban J connectivity index is 1.43. The van der Waals surface area contributed by atoms with Crippen LogP contribution in [0.15, 0.2) is 64.1 Å². The summed E-state index contributed by atoms with van der Waals surface area (Å²) in [6, 6.07) is 10.8. The number of nitrogens with zero attached hydrogens (tertiary/aromatic N) is 3. The van der Waals surface area contributed by atoms with E-state index < -0.39 is 5.97 Å². The zero-order valence-corrected chi connectivity index (χ0v) is 17.7. The normalized spacial score (nSPS) is 11.5. The second-order valence-electron chi connectivity index (χ2n) is 7.45. The fourth-order valence-electron chi connectivity index (χ4n) is 3.48. The summed E-state index contributed by atoms with van der Waals surface area (Å²) < 4.78 is 14.3. The third-order valence-electron chi connectivity index (χ3n) is 5.13. The van der Waals surface area contributed by atoms with Gasteiger partial charge in [0.05, 0.1) is 18.5 Å². The predicted octanol–water partition coefficient (Wildman–Crippen LogP) is 3.82. The van der Waals surface area contributed by atoms with Crippen molar-refractivity contribution in [3.63, 3.8) is 0 Å². The lowest BCUT2D eigenvalue weighted by Crippen LogP contribution is -2.16. The van der Waals surface area contributed by atoms with Crippen molar-refractivity contribution in [2.24, 2.45) is 0 Å². The fourth-order valence-corrected chi connectivity index (χ4v) is 3.48. The van der Waals surface area contributed by atoms with Gasteiger partial charge in [-0.1, -0.05) is 6.07 Å². The number of rotatable bonds is 6. The number of hydrogen-bond donors (Lipinski definition) is 0. The molecule has 31 heavy (non-hydrogen) atoms. The molecule has 0 atom stereocenters. The molecule has 0 aliphatic carbocycles. The smallest absolute Gasteiger partial charge is 0.331 e. The second kappa shape index (κ2) is 8.47. The summed E-state index contributed by atoms with van der Waals surface area (Å²) in [6.45, 7) is 6.47. The molecule has 0 bridgehead atoms. The highest BCUT2D eigenvalue weighted by molar-refractivity contribution is 5.87. The molecule has 0 saturated heterocycles. The van der Waals surface area contributed by atoms with Gasteiger partial charge in [0.15, 0.2) is 0 Å². The van der Waals surface area contributed by atoms with Gasteiger partial charge in [0.2, 0.25) is 0 Å². The molecule has 158 valence electrons. The highest BCUT2D eigenvalue weighted by Crippen LogP contribution is 2.18. The van der Waals surface area contributed by atoms with Crippen LogP contribution in [-0.4, -0.2) is 19.9 Å². The molecule has 0 N–H and O–H groups in total. The lowest BCUT2D eigenvalue weighted by atomic mass is 10.2. The molecule has 0 aliphatic rings. The van der Waals surface area contributed by atoms with Crippen LogP contribution in [0, 0.1) is 20.8 Å². The molecular formula is C24H23N3O4. The molecular weight excluding hydrogens is 394 g/mol. The lowest BCUT2D eigenvalue weighted by Gasteiger charge is -2.07. The molecule has 0 aromatic carbocycles. The number of hydrogen-bond acceptors (Lipinski definition) is 5. The Labute approximate surface area is 179 Å². The van der Waals surface area contributed by atoms with Crippen LogP contribution in [0.5, 0.6) is 0 Å². The van der Waals surface area contributed by atoms with Crippen molar-refractivity contribution in [3.8, 4) is 0 Å². The molecule has 0 fully saturated rings. The summed E-state index contributed by atoms with van der Waals surface area (Å²) in [4.78, 5) is 28.8. The standard InChI is InChI=1S/C24H23N3O4/c1-16-6-8-22-25-20(12-23(28)27(22)13-16)15-31-24(29)9-7-19-11-17(2)26(18(19)3)14-21-5-4-10-30-21/h4-13H,14-15H2,1-3H3/b9-7+. The highest BCUT2D eigenvalue weighted by Gasteiger charge is 2.10. The first-order valence-electron chi connectivity index (χ1n) is 9.93. The largest absolute Gasteiger partial charge is 0.467 e. The summed E-state index contributed by atoms with van der Waals surface area (Å²) in [7, 11) is 0. The van der Waals surface area contributed by atoms with E-state index in [0.29, 0.717) is 17.9 Å². The summed E-state index contributed by atoms with van der Waals surface area (Å²) in [6.07, 6.45) is 6.50. The van der Waals surface area contributed by atoms with Crippen molar-refractivity contribution < 1.29 is 13.9 Å². The molecule has 7 heteroatoms. The first-order chi connectivity index (χ1) is 14.9. The number of esters is 1. The van der Waals surface area contributed by atoms with Crippen LogP contribution in [0.25, 0.3) is 11.7 Å². The van der Waals surface area contributed by atoms with Gasteiger partial charge in [-0.2, -0.15) is 0 Å². The number of aryl methyl sites for hydroxylation is 2. The van der Waals surface area contributed by atoms with Gasteiger partial charge in [0.25, 0.3) is 5.56 Å². The minimum atomic E-state index is -0.498. The Bertz CT molecular complexity index is 1330. The van der Waals surface area contributed by atoms with Gasteiger partial charge in [0, 0.05) is 29.7 Å². The van der Waals surface area contributed by atoms with E-state index in [9.17, 15) is 9.59 Å². The van der Waals surface area contributed by atoms with Gasteiger partial charge in [-0.3, -0.25) is 9.20 Å². The second-order valence-corrected chi connectivity index (χ2v) is 7.45. The van der Waals surface area contributed by atoms with Crippen LogP contribution in [0.4, 0.5) is 0 Å². The Morgan fingerprint density at radius 3 is 2.81 bits per heavy atom. The summed E-state index contributed by atoms with van der Waals surface area (Å²) in [5, 5.41) is 0. The molecule has 4 heterocycles. The third kappa shape index (κ3) is 4.50. The fraction of sp³-hybridized carbons (Fsp3) is 0.208. The number of aromatic nitrogens is 3. The van der Waals surface area contributed by atoms with Gasteiger partial charge >= 0.3 is 5.97 Å². The van der Waals surface area contributed by atoms with Gasteiger partial charge < -0.3 is 13.7 Å². The maximum Gasteiger partial charge on any atom is 0.331 e. The zero-order valence-electron chi connectivity index (χ0n) is 17.7. The van der Waals surface area contributed by atoms with Crippen molar-refractivity contribution in [1.29, 1.82) is 0 Å². The molecule has 7 nitrogen and oxygen atoms in total. The summed E-state index contributed by atoms with van der Waals surface area (Å²) >= 11 is 0. The first kappa shape index (κ1) is 20.4. The van der Waals surface area contributed by atoms with Crippen LogP contribution < -0.4 is 5.56 Å². The van der Waals surface area contributed by atoms with Gasteiger partial charge in [-0.05, 0) is 62.2 Å². The lowest BCUT2D eigenvalue weighted by molar-refractivity contribution is -0.139. The SMILES string of the molecule is Cc1ccc2nc(COC(=O)/C=C/c3cc(C)n(Cc4ccco4)c3C)cc(=O)n2c1. The minimum absolute atomic E-state index is 0.0691. The number of pyridine rings is 1. The average Bonchev–Trinajstić information content (AvgIpc) is 3.35. The monoisotopic (exact) mass is 417 g/mol. The maximum absolute atomic E-state index is 12.3. The summed E-state index contributed by atoms with van der Waals surface area (Å²) in [5.74, 6) is 0.368. The molecule has 0 aliphatic heterocycles. The minimum Gasteiger partial charge on any atom is -0.467 e. The van der Waals surface area contributed by atoms with Gasteiger partial charge in [-0.15, -0.1) is 0 Å². The van der Waals surface area contributed by atoms with Crippen LogP contribution in [-0.2, 0) is 22.7 Å². The topological polar surface area (TPSA) is 78.7 Å². The maximum atomic E-state index is 12.3. The number of carbonyl (C=O) groups excluding carboxylic acids is 1. The molecule has 0 saturated carbocycles. The quantitative estimate of drug-likeness (QED) is 0.352. The first-order valence-corrected chi connectivity index (χ1v) is 9.93. The Hall–Kier alpha value is -3.87. The molecule has 4 aromatic heterocycles. The van der Waals surface area contributed by atoms with Crippen LogP contribution in [0.2, 0.25) is 0 Å². The molecule has 0 spiro atoms. The number of carbonyl (C=O) groups is 1. The van der Waals surface area contributed by atoms with E-state index in [1.807, 2.05) is 45.0 Å². The Morgan fingerprint density at radius 2 is 2.03 bits per heavy atom.